The Morgan fingerprint density at radius 1 is 0.741 bits per heavy atom. The van der Waals surface area contributed by atoms with Gasteiger partial charge in [0.1, 0.15) is 11.0 Å². The van der Waals surface area contributed by atoms with Crippen molar-refractivity contribution < 1.29 is 8.42 Å². The highest BCUT2D eigenvalue weighted by molar-refractivity contribution is 7.85. The maximum Gasteiger partial charge on any atom is 0.125 e. The lowest BCUT2D eigenvalue weighted by molar-refractivity contribution is 0.645. The first-order valence-corrected chi connectivity index (χ1v) is 11.2. The Morgan fingerprint density at radius 3 is 1.81 bits per heavy atom. The van der Waals surface area contributed by atoms with E-state index in [2.05, 4.69) is 4.72 Å². The van der Waals surface area contributed by atoms with Gasteiger partial charge in [-0.25, -0.2) is 8.93 Å². The van der Waals surface area contributed by atoms with Crippen LogP contribution in [0.15, 0.2) is 88.7 Å². The minimum absolute atomic E-state index is 0.282. The largest absolute Gasteiger partial charge is 0.254 e. The molecule has 140 valence electrons. The molecule has 0 bridgehead atoms. The van der Waals surface area contributed by atoms with Gasteiger partial charge in [-0.15, -0.1) is 0 Å². The van der Waals surface area contributed by atoms with Gasteiger partial charge in [0, 0.05) is 10.6 Å². The topological polar surface area (TPSA) is 46.2 Å². The number of benzene rings is 3. The van der Waals surface area contributed by atoms with E-state index in [1.165, 1.54) is 0 Å². The van der Waals surface area contributed by atoms with Crippen LogP contribution in [0.5, 0.6) is 0 Å². The Balaban J connectivity index is 1.81. The van der Waals surface area contributed by atoms with E-state index < -0.39 is 21.8 Å². The fourth-order valence-corrected chi connectivity index (χ4v) is 4.99. The number of hydrogen-bond donors (Lipinski definition) is 1. The van der Waals surface area contributed by atoms with Gasteiger partial charge in [-0.3, -0.25) is 4.21 Å². The third-order valence-corrected chi connectivity index (χ3v) is 6.92. The second kappa shape index (κ2) is 9.22. The van der Waals surface area contributed by atoms with Crippen LogP contribution < -0.4 is 4.72 Å². The Hall–Kier alpha value is -2.08. The molecule has 0 saturated carbocycles. The molecule has 3 aromatic rings. The van der Waals surface area contributed by atoms with Gasteiger partial charge < -0.3 is 0 Å². The zero-order valence-electron chi connectivity index (χ0n) is 15.4. The van der Waals surface area contributed by atoms with Crippen LogP contribution in [0.1, 0.15) is 22.7 Å². The SMILES string of the molecule is Cc1ccc(S(=O)N[C@@H](C[S@](=O)c2ccc(C)cc2)c2ccccc2)cc1. The minimum atomic E-state index is -1.38. The van der Waals surface area contributed by atoms with Gasteiger partial charge in [-0.1, -0.05) is 65.7 Å². The van der Waals surface area contributed by atoms with Gasteiger partial charge in [0.25, 0.3) is 0 Å². The molecule has 0 heterocycles. The van der Waals surface area contributed by atoms with Crippen LogP contribution in [0, 0.1) is 13.8 Å². The average molecular weight is 398 g/mol. The van der Waals surface area contributed by atoms with E-state index >= 15 is 0 Å². The lowest BCUT2D eigenvalue weighted by Crippen LogP contribution is -2.28. The first-order chi connectivity index (χ1) is 13.0. The molecule has 3 atom stereocenters. The predicted octanol–water partition coefficient (Wildman–Crippen LogP) is 4.46. The Morgan fingerprint density at radius 2 is 1.26 bits per heavy atom. The monoisotopic (exact) mass is 397 g/mol. The summed E-state index contributed by atoms with van der Waals surface area (Å²) in [5.74, 6) is 0.352. The van der Waals surface area contributed by atoms with Gasteiger partial charge in [0.15, 0.2) is 0 Å². The lowest BCUT2D eigenvalue weighted by Gasteiger charge is -2.18. The maximum absolute atomic E-state index is 12.9. The number of aryl methyl sites for hydroxylation is 2. The molecule has 0 aliphatic carbocycles. The van der Waals surface area contributed by atoms with Crippen LogP contribution in [0.2, 0.25) is 0 Å². The molecule has 0 aliphatic heterocycles. The highest BCUT2D eigenvalue weighted by Gasteiger charge is 2.19. The molecule has 0 spiro atoms. The van der Waals surface area contributed by atoms with Crippen molar-refractivity contribution in [2.45, 2.75) is 29.7 Å². The van der Waals surface area contributed by atoms with Crippen molar-refractivity contribution in [3.63, 3.8) is 0 Å². The Labute approximate surface area is 165 Å². The van der Waals surface area contributed by atoms with Crippen molar-refractivity contribution >= 4 is 21.8 Å². The van der Waals surface area contributed by atoms with Gasteiger partial charge in [-0.2, -0.15) is 0 Å². The molecule has 0 radical (unpaired) electrons. The number of rotatable bonds is 7. The summed E-state index contributed by atoms with van der Waals surface area (Å²) in [4.78, 5) is 1.49. The minimum Gasteiger partial charge on any atom is -0.254 e. The summed E-state index contributed by atoms with van der Waals surface area (Å²) in [6.07, 6.45) is 0. The standard InChI is InChI=1S/C22H23NO2S2/c1-17-8-12-20(13-9-17)26(24)16-22(19-6-4-3-5-7-19)23-27(25)21-14-10-18(2)11-15-21/h3-15,22-23H,16H2,1-2H3/t22-,26-,27?/m0/s1. The molecule has 0 aliphatic rings. The quantitative estimate of drug-likeness (QED) is 0.640. The van der Waals surface area contributed by atoms with Gasteiger partial charge in [0.05, 0.1) is 21.7 Å². The molecule has 1 N–H and O–H groups in total. The summed E-state index contributed by atoms with van der Waals surface area (Å²) in [5.41, 5.74) is 3.23. The normalized spacial score (nSPS) is 14.4. The van der Waals surface area contributed by atoms with E-state index in [0.717, 1.165) is 21.6 Å². The van der Waals surface area contributed by atoms with Crippen LogP contribution in [-0.4, -0.2) is 14.2 Å². The third kappa shape index (κ3) is 5.45. The van der Waals surface area contributed by atoms with Crippen LogP contribution in [0.3, 0.4) is 0 Å². The van der Waals surface area contributed by atoms with E-state index in [-0.39, 0.29) is 6.04 Å². The Kier molecular flexibility index (Phi) is 6.72. The molecule has 3 rings (SSSR count). The van der Waals surface area contributed by atoms with E-state index in [1.807, 2.05) is 92.7 Å². The molecule has 3 aromatic carbocycles. The summed E-state index contributed by atoms with van der Waals surface area (Å²) < 4.78 is 28.8. The first-order valence-electron chi connectivity index (χ1n) is 8.77. The van der Waals surface area contributed by atoms with Crippen molar-refractivity contribution in [3.05, 3.63) is 95.6 Å². The van der Waals surface area contributed by atoms with Crippen molar-refractivity contribution in [3.8, 4) is 0 Å². The average Bonchev–Trinajstić information content (AvgIpc) is 2.69. The van der Waals surface area contributed by atoms with Gasteiger partial charge in [0.2, 0.25) is 0 Å². The van der Waals surface area contributed by atoms with Gasteiger partial charge in [-0.05, 0) is 43.7 Å². The summed E-state index contributed by atoms with van der Waals surface area (Å²) in [6.45, 7) is 4.00. The van der Waals surface area contributed by atoms with Crippen LogP contribution in [0.25, 0.3) is 0 Å². The Bertz CT molecular complexity index is 863. The van der Waals surface area contributed by atoms with Crippen LogP contribution in [-0.2, 0) is 21.8 Å². The summed E-state index contributed by atoms with van der Waals surface area (Å²) in [7, 11) is -2.58. The van der Waals surface area contributed by atoms with Crippen molar-refractivity contribution in [2.24, 2.45) is 0 Å². The highest BCUT2D eigenvalue weighted by Crippen LogP contribution is 2.20. The number of hydrogen-bond acceptors (Lipinski definition) is 2. The second-order valence-corrected chi connectivity index (χ2v) is 9.23. The van der Waals surface area contributed by atoms with Crippen molar-refractivity contribution in [1.82, 2.24) is 4.72 Å². The van der Waals surface area contributed by atoms with E-state index in [0.29, 0.717) is 10.6 Å². The molecule has 3 nitrogen and oxygen atoms in total. The molecule has 27 heavy (non-hydrogen) atoms. The van der Waals surface area contributed by atoms with Crippen LogP contribution in [0.4, 0.5) is 0 Å². The molecule has 1 unspecified atom stereocenters. The second-order valence-electron chi connectivity index (χ2n) is 6.49. The van der Waals surface area contributed by atoms with Crippen LogP contribution >= 0.6 is 0 Å². The maximum atomic E-state index is 12.9. The van der Waals surface area contributed by atoms with E-state index in [4.69, 9.17) is 0 Å². The third-order valence-electron chi connectivity index (χ3n) is 4.29. The van der Waals surface area contributed by atoms with Crippen molar-refractivity contribution in [2.75, 3.05) is 5.75 Å². The predicted molar refractivity (Wildman–Crippen MR) is 112 cm³/mol. The summed E-state index contributed by atoms with van der Waals surface area (Å²) >= 11 is 0. The highest BCUT2D eigenvalue weighted by atomic mass is 32.2. The fourth-order valence-electron chi connectivity index (χ4n) is 2.68. The summed E-state index contributed by atoms with van der Waals surface area (Å²) in [6, 6.07) is 24.8. The molecule has 0 saturated heterocycles. The fraction of sp³-hybridized carbons (Fsp3) is 0.182. The molecule has 0 amide bonds. The molecular weight excluding hydrogens is 374 g/mol. The lowest BCUT2D eigenvalue weighted by atomic mass is 10.1. The molecule has 5 heteroatoms. The molecular formula is C22H23NO2S2. The first kappa shape index (κ1) is 19.7. The zero-order valence-corrected chi connectivity index (χ0v) is 17.1. The number of nitrogens with one attached hydrogen (secondary N) is 1. The van der Waals surface area contributed by atoms with Gasteiger partial charge >= 0.3 is 0 Å². The smallest absolute Gasteiger partial charge is 0.125 e. The van der Waals surface area contributed by atoms with Crippen molar-refractivity contribution in [1.29, 1.82) is 0 Å². The molecule has 0 aromatic heterocycles. The van der Waals surface area contributed by atoms with E-state index in [1.54, 1.807) is 0 Å². The summed E-state index contributed by atoms with van der Waals surface area (Å²) in [5, 5.41) is 0. The molecule has 0 fully saturated rings. The zero-order chi connectivity index (χ0) is 19.2. The van der Waals surface area contributed by atoms with E-state index in [9.17, 15) is 8.42 Å².